The molecule has 8 aromatic carbocycles. The Morgan fingerprint density at radius 2 is 0.808 bits per heavy atom. The summed E-state index contributed by atoms with van der Waals surface area (Å²) in [6.07, 6.45) is 0. The minimum Gasteiger partial charge on any atom is -0.307 e. The van der Waals surface area contributed by atoms with Crippen molar-refractivity contribution in [3.8, 4) is 22.5 Å². The van der Waals surface area contributed by atoms with Crippen LogP contribution in [0, 0.1) is 0 Å². The Labute approximate surface area is 306 Å². The Hall–Kier alpha value is -6.20. The van der Waals surface area contributed by atoms with Crippen molar-refractivity contribution in [3.05, 3.63) is 170 Å². The SMILES string of the molecule is c1ccc(-n2c3ccccc3c3ccc4c5ccccc5n(-c5ccc6sc7c(-c8cccc9c8sc8ccccc89)cccc7c6c5)c4c32)cc1. The van der Waals surface area contributed by atoms with E-state index in [1.165, 1.54) is 106 Å². The lowest BCUT2D eigenvalue weighted by Crippen LogP contribution is -1.98. The van der Waals surface area contributed by atoms with E-state index in [4.69, 9.17) is 0 Å². The highest BCUT2D eigenvalue weighted by Gasteiger charge is 2.22. The van der Waals surface area contributed by atoms with Gasteiger partial charge in [0, 0.05) is 84.4 Å². The van der Waals surface area contributed by atoms with Crippen molar-refractivity contribution >= 4 is 107 Å². The van der Waals surface area contributed by atoms with E-state index in [0.29, 0.717) is 0 Å². The largest absolute Gasteiger partial charge is 0.307 e. The topological polar surface area (TPSA) is 9.86 Å². The van der Waals surface area contributed by atoms with E-state index >= 15 is 0 Å². The molecule has 12 aromatic rings. The van der Waals surface area contributed by atoms with Crippen molar-refractivity contribution in [1.82, 2.24) is 9.13 Å². The average Bonchev–Trinajstić information content (AvgIpc) is 3.95. The molecule has 242 valence electrons. The molecule has 0 aliphatic rings. The Bertz CT molecular complexity index is 3410. The Morgan fingerprint density at radius 1 is 0.308 bits per heavy atom. The number of nitrogens with zero attached hydrogens (tertiary/aromatic N) is 2. The van der Waals surface area contributed by atoms with Crippen LogP contribution in [0.5, 0.6) is 0 Å². The van der Waals surface area contributed by atoms with Crippen molar-refractivity contribution in [2.24, 2.45) is 0 Å². The average molecular weight is 697 g/mol. The number of para-hydroxylation sites is 3. The second kappa shape index (κ2) is 10.7. The molecule has 0 atom stereocenters. The fraction of sp³-hybridized carbons (Fsp3) is 0. The first-order chi connectivity index (χ1) is 25.8. The molecule has 2 nitrogen and oxygen atoms in total. The van der Waals surface area contributed by atoms with Crippen LogP contribution >= 0.6 is 22.7 Å². The zero-order valence-electron chi connectivity index (χ0n) is 27.9. The van der Waals surface area contributed by atoms with E-state index in [0.717, 1.165) is 0 Å². The molecule has 0 bridgehead atoms. The van der Waals surface area contributed by atoms with E-state index in [1.807, 2.05) is 22.7 Å². The Morgan fingerprint density at radius 3 is 1.46 bits per heavy atom. The number of hydrogen-bond donors (Lipinski definition) is 0. The third-order valence-corrected chi connectivity index (χ3v) is 13.4. The van der Waals surface area contributed by atoms with E-state index < -0.39 is 0 Å². The summed E-state index contributed by atoms with van der Waals surface area (Å²) in [6.45, 7) is 0. The summed E-state index contributed by atoms with van der Waals surface area (Å²) in [5.74, 6) is 0. The molecule has 12 rings (SSSR count). The first-order valence-corrected chi connectivity index (χ1v) is 19.3. The van der Waals surface area contributed by atoms with Crippen LogP contribution < -0.4 is 0 Å². The third kappa shape index (κ3) is 3.83. The number of hydrogen-bond acceptors (Lipinski definition) is 2. The van der Waals surface area contributed by atoms with Gasteiger partial charge in [-0.05, 0) is 48.5 Å². The van der Waals surface area contributed by atoms with Crippen molar-refractivity contribution in [2.75, 3.05) is 0 Å². The molecule has 4 heteroatoms. The maximum absolute atomic E-state index is 2.51. The van der Waals surface area contributed by atoms with E-state index in [9.17, 15) is 0 Å². The number of benzene rings is 8. The molecular formula is C48H28N2S2. The Balaban J connectivity index is 1.16. The molecule has 0 aliphatic heterocycles. The van der Waals surface area contributed by atoms with Gasteiger partial charge in [-0.25, -0.2) is 0 Å². The van der Waals surface area contributed by atoms with Gasteiger partial charge in [-0.3, -0.25) is 0 Å². The van der Waals surface area contributed by atoms with Gasteiger partial charge in [-0.1, -0.05) is 121 Å². The summed E-state index contributed by atoms with van der Waals surface area (Å²) >= 11 is 3.81. The van der Waals surface area contributed by atoms with Crippen LogP contribution in [0.2, 0.25) is 0 Å². The lowest BCUT2D eigenvalue weighted by Gasteiger charge is -2.12. The Kier molecular flexibility index (Phi) is 5.84. The normalized spacial score (nSPS) is 12.2. The first kappa shape index (κ1) is 28.5. The van der Waals surface area contributed by atoms with Crippen LogP contribution in [0.3, 0.4) is 0 Å². The predicted octanol–water partition coefficient (Wildman–Crippen LogP) is 14.3. The van der Waals surface area contributed by atoms with Gasteiger partial charge in [0.1, 0.15) is 0 Å². The summed E-state index contributed by atoms with van der Waals surface area (Å²) in [5, 5.41) is 10.3. The van der Waals surface area contributed by atoms with Gasteiger partial charge in [-0.15, -0.1) is 22.7 Å². The maximum Gasteiger partial charge on any atom is 0.0788 e. The van der Waals surface area contributed by atoms with Crippen LogP contribution in [0.1, 0.15) is 0 Å². The summed E-state index contributed by atoms with van der Waals surface area (Å²) < 4.78 is 10.3. The van der Waals surface area contributed by atoms with Crippen LogP contribution in [-0.4, -0.2) is 9.13 Å². The predicted molar refractivity (Wildman–Crippen MR) is 226 cm³/mol. The summed E-state index contributed by atoms with van der Waals surface area (Å²) in [7, 11) is 0. The highest BCUT2D eigenvalue weighted by Crippen LogP contribution is 2.47. The van der Waals surface area contributed by atoms with E-state index in [2.05, 4.69) is 179 Å². The highest BCUT2D eigenvalue weighted by molar-refractivity contribution is 7.27. The number of rotatable bonds is 3. The molecule has 4 aromatic heterocycles. The van der Waals surface area contributed by atoms with Gasteiger partial charge in [-0.2, -0.15) is 0 Å². The minimum absolute atomic E-state index is 1.17. The molecule has 0 unspecified atom stereocenters. The van der Waals surface area contributed by atoms with E-state index in [-0.39, 0.29) is 0 Å². The fourth-order valence-electron chi connectivity index (χ4n) is 8.71. The van der Waals surface area contributed by atoms with Crippen molar-refractivity contribution < 1.29 is 0 Å². The smallest absolute Gasteiger partial charge is 0.0788 e. The number of thiophene rings is 2. The van der Waals surface area contributed by atoms with Crippen LogP contribution in [0.15, 0.2) is 170 Å². The lowest BCUT2D eigenvalue weighted by molar-refractivity contribution is 1.15. The molecule has 0 fully saturated rings. The number of aromatic nitrogens is 2. The van der Waals surface area contributed by atoms with Gasteiger partial charge in [0.25, 0.3) is 0 Å². The second-order valence-electron chi connectivity index (χ2n) is 13.6. The van der Waals surface area contributed by atoms with Gasteiger partial charge >= 0.3 is 0 Å². The highest BCUT2D eigenvalue weighted by atomic mass is 32.1. The van der Waals surface area contributed by atoms with Crippen molar-refractivity contribution in [1.29, 1.82) is 0 Å². The fourth-order valence-corrected chi connectivity index (χ4v) is 11.2. The summed E-state index contributed by atoms with van der Waals surface area (Å²) in [6, 6.07) is 62.7. The quantitative estimate of drug-likeness (QED) is 0.174. The van der Waals surface area contributed by atoms with Crippen molar-refractivity contribution in [2.45, 2.75) is 0 Å². The molecule has 4 heterocycles. The zero-order valence-corrected chi connectivity index (χ0v) is 29.5. The molecule has 0 aliphatic carbocycles. The molecule has 0 spiro atoms. The molecule has 0 amide bonds. The number of fused-ring (bicyclic) bond motifs is 13. The van der Waals surface area contributed by atoms with Gasteiger partial charge in [0.05, 0.1) is 22.1 Å². The first-order valence-electron chi connectivity index (χ1n) is 17.7. The maximum atomic E-state index is 2.51. The standard InChI is InChI=1S/C48H28N2S2/c1-2-12-29(13-3-1)49-41-21-7-4-14-31(41)34-25-26-35-32-15-5-8-22-42(32)50(46(35)45(34)49)30-24-27-44-40(28-30)39-20-11-19-38(48(39)52-44)37-18-10-17-36-33-16-6-9-23-43(33)51-47(36)37/h1-28H. The molecule has 0 saturated carbocycles. The van der Waals surface area contributed by atoms with E-state index in [1.54, 1.807) is 0 Å². The molecule has 0 N–H and O–H groups in total. The minimum atomic E-state index is 1.17. The van der Waals surface area contributed by atoms with Crippen molar-refractivity contribution in [3.63, 3.8) is 0 Å². The van der Waals surface area contributed by atoms with Gasteiger partial charge in [0.15, 0.2) is 0 Å². The van der Waals surface area contributed by atoms with Gasteiger partial charge in [0.2, 0.25) is 0 Å². The van der Waals surface area contributed by atoms with Crippen LogP contribution in [0.25, 0.3) is 106 Å². The van der Waals surface area contributed by atoms with Crippen LogP contribution in [-0.2, 0) is 0 Å². The summed E-state index contributed by atoms with van der Waals surface area (Å²) in [5.41, 5.74) is 9.86. The summed E-state index contributed by atoms with van der Waals surface area (Å²) in [4.78, 5) is 0. The second-order valence-corrected chi connectivity index (χ2v) is 15.7. The van der Waals surface area contributed by atoms with Gasteiger partial charge < -0.3 is 9.13 Å². The monoisotopic (exact) mass is 696 g/mol. The molecular weight excluding hydrogens is 669 g/mol. The van der Waals surface area contributed by atoms with Crippen LogP contribution in [0.4, 0.5) is 0 Å². The lowest BCUT2D eigenvalue weighted by atomic mass is 10.0. The molecule has 0 radical (unpaired) electrons. The molecule has 0 saturated heterocycles. The zero-order chi connectivity index (χ0) is 33.9. The third-order valence-electron chi connectivity index (χ3n) is 10.9. The molecule has 52 heavy (non-hydrogen) atoms.